The molecule has 0 atom stereocenters. The first-order valence-corrected chi connectivity index (χ1v) is 5.98. The van der Waals surface area contributed by atoms with E-state index in [9.17, 15) is 18.4 Å². The van der Waals surface area contributed by atoms with E-state index in [0.29, 0.717) is 0 Å². The molecule has 17 heavy (non-hydrogen) atoms. The SMILES string of the molecule is O=C(O)c1cccc(NC(=O)C(F)(F)CI)c1. The van der Waals surface area contributed by atoms with Crippen LogP contribution in [0.1, 0.15) is 10.4 Å². The van der Waals surface area contributed by atoms with Gasteiger partial charge in [-0.15, -0.1) is 0 Å². The molecular formula is C10H8F2INO3. The minimum Gasteiger partial charge on any atom is -0.478 e. The zero-order valence-electron chi connectivity index (χ0n) is 8.41. The average molecular weight is 355 g/mol. The molecule has 2 N–H and O–H groups in total. The zero-order valence-corrected chi connectivity index (χ0v) is 10.6. The lowest BCUT2D eigenvalue weighted by molar-refractivity contribution is -0.136. The first-order chi connectivity index (χ1) is 7.86. The van der Waals surface area contributed by atoms with Gasteiger partial charge >= 0.3 is 11.9 Å². The summed E-state index contributed by atoms with van der Waals surface area (Å²) in [6.07, 6.45) is 0. The van der Waals surface area contributed by atoms with Gasteiger partial charge < -0.3 is 10.4 Å². The van der Waals surface area contributed by atoms with Crippen molar-refractivity contribution in [2.24, 2.45) is 0 Å². The van der Waals surface area contributed by atoms with Crippen LogP contribution in [-0.4, -0.2) is 27.3 Å². The van der Waals surface area contributed by atoms with Crippen molar-refractivity contribution < 1.29 is 23.5 Å². The number of nitrogens with one attached hydrogen (secondary N) is 1. The van der Waals surface area contributed by atoms with Gasteiger partial charge in [0, 0.05) is 5.69 Å². The zero-order chi connectivity index (χ0) is 13.1. The number of carboxylic acids is 1. The monoisotopic (exact) mass is 355 g/mol. The number of anilines is 1. The number of halogens is 3. The Hall–Kier alpha value is -1.25. The summed E-state index contributed by atoms with van der Waals surface area (Å²) >= 11 is 1.40. The smallest absolute Gasteiger partial charge is 0.335 e. The number of carbonyl (C=O) groups excluding carboxylic acids is 1. The highest BCUT2D eigenvalue weighted by atomic mass is 127. The second kappa shape index (κ2) is 5.39. The predicted molar refractivity (Wildman–Crippen MR) is 65.9 cm³/mol. The Labute approximate surface area is 109 Å². The van der Waals surface area contributed by atoms with Gasteiger partial charge in [0.1, 0.15) is 0 Å². The highest BCUT2D eigenvalue weighted by molar-refractivity contribution is 14.1. The van der Waals surface area contributed by atoms with Crippen molar-refractivity contribution in [2.75, 3.05) is 9.74 Å². The molecule has 0 fully saturated rings. The number of carboxylic acid groups (broad SMARTS) is 1. The van der Waals surface area contributed by atoms with Gasteiger partial charge in [0.15, 0.2) is 0 Å². The highest BCUT2D eigenvalue weighted by Gasteiger charge is 2.37. The minimum atomic E-state index is -3.47. The fourth-order valence-electron chi connectivity index (χ4n) is 1.01. The van der Waals surface area contributed by atoms with Crippen LogP contribution in [0.25, 0.3) is 0 Å². The van der Waals surface area contributed by atoms with Gasteiger partial charge in [0.25, 0.3) is 5.91 Å². The van der Waals surface area contributed by atoms with Crippen LogP contribution in [0, 0.1) is 0 Å². The molecule has 0 heterocycles. The van der Waals surface area contributed by atoms with Crippen molar-refractivity contribution in [3.05, 3.63) is 29.8 Å². The lowest BCUT2D eigenvalue weighted by Crippen LogP contribution is -2.35. The standard InChI is InChI=1S/C10H8F2INO3/c11-10(12,5-13)9(17)14-7-3-1-2-6(4-7)8(15)16/h1-4H,5H2,(H,14,17)(H,15,16). The number of carbonyl (C=O) groups is 2. The van der Waals surface area contributed by atoms with E-state index in [4.69, 9.17) is 5.11 Å². The molecule has 0 unspecified atom stereocenters. The van der Waals surface area contributed by atoms with E-state index in [1.54, 1.807) is 0 Å². The van der Waals surface area contributed by atoms with E-state index in [2.05, 4.69) is 0 Å². The molecule has 0 spiro atoms. The largest absolute Gasteiger partial charge is 0.478 e. The van der Waals surface area contributed by atoms with E-state index < -0.39 is 22.2 Å². The molecule has 0 saturated carbocycles. The Morgan fingerprint density at radius 3 is 2.59 bits per heavy atom. The Morgan fingerprint density at radius 1 is 1.41 bits per heavy atom. The van der Waals surface area contributed by atoms with Crippen LogP contribution in [0.3, 0.4) is 0 Å². The summed E-state index contributed by atoms with van der Waals surface area (Å²) in [5.41, 5.74) is -0.0555. The maximum absolute atomic E-state index is 13.0. The predicted octanol–water partition coefficient (Wildman–Crippen LogP) is 2.39. The number of aromatic carboxylic acids is 1. The quantitative estimate of drug-likeness (QED) is 0.644. The molecule has 4 nitrogen and oxygen atoms in total. The second-order valence-corrected chi connectivity index (χ2v) is 3.94. The van der Waals surface area contributed by atoms with Crippen LogP contribution < -0.4 is 5.32 Å². The summed E-state index contributed by atoms with van der Waals surface area (Å²) < 4.78 is 25.3. The Bertz CT molecular complexity index is 451. The maximum Gasteiger partial charge on any atom is 0.335 e. The van der Waals surface area contributed by atoms with Crippen LogP contribution in [0.2, 0.25) is 0 Å². The number of amides is 1. The molecule has 0 aromatic heterocycles. The van der Waals surface area contributed by atoms with Crippen LogP contribution in [-0.2, 0) is 4.79 Å². The van der Waals surface area contributed by atoms with Crippen LogP contribution in [0.5, 0.6) is 0 Å². The van der Waals surface area contributed by atoms with Crippen molar-refractivity contribution in [2.45, 2.75) is 5.92 Å². The average Bonchev–Trinajstić information content (AvgIpc) is 2.29. The maximum atomic E-state index is 13.0. The molecule has 1 aromatic rings. The lowest BCUT2D eigenvalue weighted by atomic mass is 10.2. The van der Waals surface area contributed by atoms with Crippen molar-refractivity contribution in [3.63, 3.8) is 0 Å². The normalized spacial score (nSPS) is 11.0. The van der Waals surface area contributed by atoms with Gasteiger partial charge in [-0.2, -0.15) is 8.78 Å². The molecule has 1 amide bonds. The van der Waals surface area contributed by atoms with Gasteiger partial charge in [0.05, 0.1) is 9.99 Å². The van der Waals surface area contributed by atoms with Gasteiger partial charge in [-0.3, -0.25) is 4.79 Å². The summed E-state index contributed by atoms with van der Waals surface area (Å²) in [7, 11) is 0. The number of benzene rings is 1. The minimum absolute atomic E-state index is 0.0272. The molecule has 92 valence electrons. The second-order valence-electron chi connectivity index (χ2n) is 3.18. The number of alkyl halides is 3. The molecule has 1 aromatic carbocycles. The summed E-state index contributed by atoms with van der Waals surface area (Å²) in [5, 5.41) is 10.7. The van der Waals surface area contributed by atoms with Crippen LogP contribution in [0.4, 0.5) is 14.5 Å². The van der Waals surface area contributed by atoms with Crippen molar-refractivity contribution in [1.82, 2.24) is 0 Å². The number of hydrogen-bond donors (Lipinski definition) is 2. The summed E-state index contributed by atoms with van der Waals surface area (Å²) in [4.78, 5) is 21.8. The summed E-state index contributed by atoms with van der Waals surface area (Å²) in [5.74, 6) is -6.11. The first kappa shape index (κ1) is 13.8. The molecular weight excluding hydrogens is 347 g/mol. The van der Waals surface area contributed by atoms with Gasteiger partial charge in [-0.05, 0) is 18.2 Å². The third-order valence-electron chi connectivity index (χ3n) is 1.87. The topological polar surface area (TPSA) is 66.4 Å². The molecule has 1 rings (SSSR count). The Kier molecular flexibility index (Phi) is 4.38. The molecule has 0 aliphatic heterocycles. The third kappa shape index (κ3) is 3.62. The molecule has 7 heteroatoms. The highest BCUT2D eigenvalue weighted by Crippen LogP contribution is 2.20. The molecule has 0 radical (unpaired) electrons. The Balaban J connectivity index is 2.86. The van der Waals surface area contributed by atoms with E-state index in [0.717, 1.165) is 6.07 Å². The molecule has 0 aliphatic rings. The van der Waals surface area contributed by atoms with Crippen LogP contribution in [0.15, 0.2) is 24.3 Å². The summed E-state index contributed by atoms with van der Waals surface area (Å²) in [6, 6.07) is 5.12. The van der Waals surface area contributed by atoms with E-state index in [1.807, 2.05) is 5.32 Å². The lowest BCUT2D eigenvalue weighted by Gasteiger charge is -2.13. The van der Waals surface area contributed by atoms with E-state index >= 15 is 0 Å². The van der Waals surface area contributed by atoms with Crippen molar-refractivity contribution in [1.29, 1.82) is 0 Å². The number of hydrogen-bond acceptors (Lipinski definition) is 2. The van der Waals surface area contributed by atoms with E-state index in [-0.39, 0.29) is 11.3 Å². The van der Waals surface area contributed by atoms with Gasteiger partial charge in [-0.25, -0.2) is 4.79 Å². The van der Waals surface area contributed by atoms with Crippen molar-refractivity contribution >= 4 is 40.2 Å². The summed E-state index contributed by atoms with van der Waals surface area (Å²) in [6.45, 7) is 0. The third-order valence-corrected chi connectivity index (χ3v) is 2.83. The van der Waals surface area contributed by atoms with E-state index in [1.165, 1.54) is 40.8 Å². The van der Waals surface area contributed by atoms with Crippen LogP contribution >= 0.6 is 22.6 Å². The first-order valence-electron chi connectivity index (χ1n) is 4.45. The number of rotatable bonds is 4. The molecule has 0 saturated heterocycles. The fourth-order valence-corrected chi connectivity index (χ4v) is 1.36. The van der Waals surface area contributed by atoms with Gasteiger partial charge in [-0.1, -0.05) is 28.7 Å². The molecule has 0 bridgehead atoms. The van der Waals surface area contributed by atoms with Crippen molar-refractivity contribution in [3.8, 4) is 0 Å². The Morgan fingerprint density at radius 2 is 2.06 bits per heavy atom. The molecule has 0 aliphatic carbocycles. The fraction of sp³-hybridized carbons (Fsp3) is 0.200. The van der Waals surface area contributed by atoms with Gasteiger partial charge in [0.2, 0.25) is 0 Å².